The van der Waals surface area contributed by atoms with Crippen LogP contribution in [0.5, 0.6) is 0 Å². The van der Waals surface area contributed by atoms with Crippen molar-refractivity contribution >= 4 is 11.3 Å². The minimum absolute atomic E-state index is 0.204. The monoisotopic (exact) mass is 291 g/mol. The van der Waals surface area contributed by atoms with Crippen molar-refractivity contribution in [3.63, 3.8) is 0 Å². The van der Waals surface area contributed by atoms with Gasteiger partial charge in [0.25, 0.3) is 0 Å². The number of rotatable bonds is 8. The van der Waals surface area contributed by atoms with Crippen LogP contribution in [0, 0.1) is 0 Å². The Balaban J connectivity index is 1.86. The van der Waals surface area contributed by atoms with Crippen LogP contribution in [0.4, 0.5) is 0 Å². The van der Waals surface area contributed by atoms with Crippen LogP contribution in [0.15, 0.2) is 47.2 Å². The topological polar surface area (TPSA) is 41.5 Å². The van der Waals surface area contributed by atoms with Crippen LogP contribution < -0.4 is 5.32 Å². The molecule has 1 aromatic heterocycles. The summed E-state index contributed by atoms with van der Waals surface area (Å²) in [6, 6.07) is 12.5. The second-order valence-electron chi connectivity index (χ2n) is 4.82. The van der Waals surface area contributed by atoms with Gasteiger partial charge in [0, 0.05) is 19.7 Å². The predicted octanol–water partition coefficient (Wildman–Crippen LogP) is 2.63. The normalized spacial score (nSPS) is 14.1. The molecule has 0 aliphatic heterocycles. The number of ether oxygens (including phenoxy) is 1. The highest BCUT2D eigenvalue weighted by Gasteiger charge is 2.13. The maximum absolute atomic E-state index is 10.1. The van der Waals surface area contributed by atoms with E-state index >= 15 is 0 Å². The lowest BCUT2D eigenvalue weighted by Gasteiger charge is -2.20. The smallest absolute Gasteiger partial charge is 0.0922 e. The molecule has 1 aromatic carbocycles. The second-order valence-corrected chi connectivity index (χ2v) is 5.60. The van der Waals surface area contributed by atoms with Gasteiger partial charge in [0.1, 0.15) is 0 Å². The number of methoxy groups -OCH3 is 1. The number of thiophene rings is 1. The number of hydrogen-bond donors (Lipinski definition) is 2. The molecule has 2 N–H and O–H groups in total. The van der Waals surface area contributed by atoms with E-state index in [0.717, 1.165) is 12.0 Å². The quantitative estimate of drug-likeness (QED) is 0.785. The van der Waals surface area contributed by atoms with Gasteiger partial charge in [-0.15, -0.1) is 0 Å². The van der Waals surface area contributed by atoms with E-state index in [1.807, 2.05) is 35.0 Å². The van der Waals surface area contributed by atoms with Crippen LogP contribution in [0.25, 0.3) is 0 Å². The Morgan fingerprint density at radius 1 is 1.25 bits per heavy atom. The molecule has 108 valence electrons. The third-order valence-corrected chi connectivity index (χ3v) is 3.92. The standard InChI is InChI=1S/C16H21NO2S/c1-19-11-15(9-13-5-3-2-4-6-13)17-10-16(18)14-7-8-20-12-14/h2-8,12,15-18H,9-11H2,1H3. The maximum atomic E-state index is 10.1. The molecule has 0 saturated carbocycles. The molecule has 0 bridgehead atoms. The largest absolute Gasteiger partial charge is 0.387 e. The number of aliphatic hydroxyl groups excluding tert-OH is 1. The fraction of sp³-hybridized carbons (Fsp3) is 0.375. The average Bonchev–Trinajstić information content (AvgIpc) is 3.00. The molecule has 0 aliphatic carbocycles. The van der Waals surface area contributed by atoms with Gasteiger partial charge in [-0.3, -0.25) is 0 Å². The molecular weight excluding hydrogens is 270 g/mol. The fourth-order valence-electron chi connectivity index (χ4n) is 2.15. The van der Waals surface area contributed by atoms with Gasteiger partial charge in [-0.05, 0) is 34.4 Å². The van der Waals surface area contributed by atoms with E-state index in [1.165, 1.54) is 5.56 Å². The van der Waals surface area contributed by atoms with E-state index < -0.39 is 6.10 Å². The maximum Gasteiger partial charge on any atom is 0.0922 e. The molecule has 0 fully saturated rings. The minimum atomic E-state index is -0.462. The molecule has 0 saturated heterocycles. The molecule has 3 nitrogen and oxygen atoms in total. The summed E-state index contributed by atoms with van der Waals surface area (Å²) in [6.45, 7) is 1.17. The molecule has 4 heteroatoms. The summed E-state index contributed by atoms with van der Waals surface area (Å²) in [5.41, 5.74) is 2.24. The first-order chi connectivity index (χ1) is 9.79. The van der Waals surface area contributed by atoms with Crippen LogP contribution in [-0.4, -0.2) is 31.4 Å². The highest BCUT2D eigenvalue weighted by molar-refractivity contribution is 7.07. The Morgan fingerprint density at radius 2 is 2.05 bits per heavy atom. The lowest BCUT2D eigenvalue weighted by atomic mass is 10.1. The summed E-state index contributed by atoms with van der Waals surface area (Å²) in [6.07, 6.45) is 0.432. The van der Waals surface area contributed by atoms with Crippen molar-refractivity contribution in [1.29, 1.82) is 0 Å². The van der Waals surface area contributed by atoms with Gasteiger partial charge >= 0.3 is 0 Å². The highest BCUT2D eigenvalue weighted by atomic mass is 32.1. The fourth-order valence-corrected chi connectivity index (χ4v) is 2.86. The molecule has 2 aromatic rings. The van der Waals surface area contributed by atoms with Gasteiger partial charge in [-0.1, -0.05) is 30.3 Å². The highest BCUT2D eigenvalue weighted by Crippen LogP contribution is 2.15. The summed E-state index contributed by atoms with van der Waals surface area (Å²) < 4.78 is 5.26. The molecule has 2 unspecified atom stereocenters. The van der Waals surface area contributed by atoms with Crippen LogP contribution in [-0.2, 0) is 11.2 Å². The van der Waals surface area contributed by atoms with Crippen molar-refractivity contribution in [1.82, 2.24) is 5.32 Å². The molecule has 2 rings (SSSR count). The molecule has 1 heterocycles. The predicted molar refractivity (Wildman–Crippen MR) is 83.1 cm³/mol. The summed E-state index contributed by atoms with van der Waals surface area (Å²) >= 11 is 1.60. The lowest BCUT2D eigenvalue weighted by molar-refractivity contribution is 0.139. The summed E-state index contributed by atoms with van der Waals surface area (Å²) in [5, 5.41) is 17.4. The summed E-state index contributed by atoms with van der Waals surface area (Å²) in [5.74, 6) is 0. The summed E-state index contributed by atoms with van der Waals surface area (Å²) in [4.78, 5) is 0. The third kappa shape index (κ3) is 4.72. The lowest BCUT2D eigenvalue weighted by Crippen LogP contribution is -2.37. The van der Waals surface area contributed by atoms with Crippen molar-refractivity contribution in [3.05, 3.63) is 58.3 Å². The third-order valence-electron chi connectivity index (χ3n) is 3.22. The number of aliphatic hydroxyl groups is 1. The molecule has 0 aliphatic rings. The Labute approximate surface area is 124 Å². The van der Waals surface area contributed by atoms with E-state index in [9.17, 15) is 5.11 Å². The first kappa shape index (κ1) is 15.2. The average molecular weight is 291 g/mol. The van der Waals surface area contributed by atoms with Crippen LogP contribution in [0.2, 0.25) is 0 Å². The number of hydrogen-bond acceptors (Lipinski definition) is 4. The van der Waals surface area contributed by atoms with E-state index in [-0.39, 0.29) is 6.04 Å². The SMILES string of the molecule is COCC(Cc1ccccc1)NCC(O)c1ccsc1. The molecule has 2 atom stereocenters. The van der Waals surface area contributed by atoms with Crippen LogP contribution in [0.3, 0.4) is 0 Å². The molecule has 0 spiro atoms. The zero-order chi connectivity index (χ0) is 14.2. The number of benzene rings is 1. The van der Waals surface area contributed by atoms with E-state index in [2.05, 4.69) is 17.4 Å². The van der Waals surface area contributed by atoms with Crippen molar-refractivity contribution in [2.75, 3.05) is 20.3 Å². The van der Waals surface area contributed by atoms with Crippen LogP contribution >= 0.6 is 11.3 Å². The van der Waals surface area contributed by atoms with Gasteiger partial charge in [0.05, 0.1) is 12.7 Å². The van der Waals surface area contributed by atoms with E-state index in [0.29, 0.717) is 13.2 Å². The van der Waals surface area contributed by atoms with Crippen molar-refractivity contribution < 1.29 is 9.84 Å². The zero-order valence-electron chi connectivity index (χ0n) is 11.7. The van der Waals surface area contributed by atoms with E-state index in [1.54, 1.807) is 18.4 Å². The summed E-state index contributed by atoms with van der Waals surface area (Å²) in [7, 11) is 1.70. The first-order valence-electron chi connectivity index (χ1n) is 6.76. The first-order valence-corrected chi connectivity index (χ1v) is 7.70. The Bertz CT molecular complexity index is 472. The van der Waals surface area contributed by atoms with Gasteiger partial charge in [0.15, 0.2) is 0 Å². The molecule has 0 radical (unpaired) electrons. The van der Waals surface area contributed by atoms with E-state index in [4.69, 9.17) is 4.74 Å². The zero-order valence-corrected chi connectivity index (χ0v) is 12.5. The van der Waals surface area contributed by atoms with Gasteiger partial charge in [0.2, 0.25) is 0 Å². The molecule has 20 heavy (non-hydrogen) atoms. The minimum Gasteiger partial charge on any atom is -0.387 e. The van der Waals surface area contributed by atoms with Crippen molar-refractivity contribution in [2.45, 2.75) is 18.6 Å². The Hall–Kier alpha value is -1.20. The van der Waals surface area contributed by atoms with Crippen LogP contribution in [0.1, 0.15) is 17.2 Å². The van der Waals surface area contributed by atoms with Gasteiger partial charge in [-0.2, -0.15) is 11.3 Å². The van der Waals surface area contributed by atoms with Crippen molar-refractivity contribution in [3.8, 4) is 0 Å². The second kappa shape index (κ2) is 8.17. The number of nitrogens with one attached hydrogen (secondary N) is 1. The van der Waals surface area contributed by atoms with Crippen molar-refractivity contribution in [2.24, 2.45) is 0 Å². The Kier molecular flexibility index (Phi) is 6.21. The molecule has 0 amide bonds. The van der Waals surface area contributed by atoms with Gasteiger partial charge in [-0.25, -0.2) is 0 Å². The Morgan fingerprint density at radius 3 is 2.70 bits per heavy atom. The van der Waals surface area contributed by atoms with Gasteiger partial charge < -0.3 is 15.2 Å². The molecular formula is C16H21NO2S.